The Hall–Kier alpha value is -4.21. The van der Waals surface area contributed by atoms with E-state index in [2.05, 4.69) is 16.3 Å². The number of fused-ring (bicyclic) bond motifs is 3. The van der Waals surface area contributed by atoms with E-state index >= 15 is 0 Å². The standard InChI is InChI=1S/C42H54F3N3O9S/c1-7-26-16-24(2)10-8-9-11-27-20-41(27,39(52)47-58(53,54)29-13-14-29)21-34(49)33-18-28(56-37-30-15-12-25(3)17-32(30)35(55-6)22-46-37)23-48(33)38(51)31(26)19-36(50)57-40(4,5)42(43,44)45/h9,11-12,15,22,24,26-29,31,33H,3,7-8,10,13-14,16-21,23H2,1-2,4-6H3,(H,47,52)/b11-9-/t24-,26-,27-,28-,31+,33+,41-/m1/s1. The minimum Gasteiger partial charge on any atom is -0.495 e. The molecule has 318 valence electrons. The first kappa shape index (κ1) is 43.4. The number of alkyl halides is 3. The Bertz CT molecular complexity index is 1990. The first-order valence-corrected chi connectivity index (χ1v) is 21.7. The maximum Gasteiger partial charge on any atom is 0.427 e. The van der Waals surface area contributed by atoms with E-state index in [-0.39, 0.29) is 37.6 Å². The molecule has 0 radical (unpaired) electrons. The van der Waals surface area contributed by atoms with E-state index < -0.39 is 92.4 Å². The molecule has 58 heavy (non-hydrogen) atoms. The summed E-state index contributed by atoms with van der Waals surface area (Å²) in [4.78, 5) is 62.7. The van der Waals surface area contributed by atoms with Crippen LogP contribution in [0.1, 0.15) is 103 Å². The molecule has 0 spiro atoms. The van der Waals surface area contributed by atoms with Gasteiger partial charge < -0.3 is 19.1 Å². The molecule has 0 bridgehead atoms. The third kappa shape index (κ3) is 9.16. The third-order valence-electron chi connectivity index (χ3n) is 12.5. The number of pyridine rings is 1. The van der Waals surface area contributed by atoms with Gasteiger partial charge in [-0.15, -0.1) is 0 Å². The molecule has 1 aromatic rings. The summed E-state index contributed by atoms with van der Waals surface area (Å²) in [5, 5.41) is -0.664. The Morgan fingerprint density at radius 2 is 1.84 bits per heavy atom. The number of allylic oxidation sites excluding steroid dienone is 4. The lowest BCUT2D eigenvalue weighted by atomic mass is 9.79. The second-order valence-electron chi connectivity index (χ2n) is 17.3. The molecule has 2 amide bonds. The summed E-state index contributed by atoms with van der Waals surface area (Å²) >= 11 is 0. The number of amides is 2. The van der Waals surface area contributed by atoms with Crippen LogP contribution in [-0.4, -0.2) is 84.7 Å². The van der Waals surface area contributed by atoms with Crippen LogP contribution in [0.4, 0.5) is 13.2 Å². The van der Waals surface area contributed by atoms with Gasteiger partial charge in [-0.25, -0.2) is 13.4 Å². The Kier molecular flexibility index (Phi) is 12.3. The molecule has 0 unspecified atom stereocenters. The summed E-state index contributed by atoms with van der Waals surface area (Å²) in [6.07, 6.45) is 5.97. The Morgan fingerprint density at radius 3 is 2.50 bits per heavy atom. The van der Waals surface area contributed by atoms with Gasteiger partial charge in [0.15, 0.2) is 5.78 Å². The highest BCUT2D eigenvalue weighted by Crippen LogP contribution is 2.57. The lowest BCUT2D eigenvalue weighted by Gasteiger charge is -2.34. The molecule has 3 fully saturated rings. The van der Waals surface area contributed by atoms with Gasteiger partial charge in [0.25, 0.3) is 0 Å². The van der Waals surface area contributed by atoms with E-state index in [0.717, 1.165) is 25.0 Å². The zero-order valence-corrected chi connectivity index (χ0v) is 34.5. The molecule has 12 nitrogen and oxygen atoms in total. The van der Waals surface area contributed by atoms with Crippen molar-refractivity contribution in [2.24, 2.45) is 29.1 Å². The molecule has 2 saturated carbocycles. The highest BCUT2D eigenvalue weighted by molar-refractivity contribution is 7.90. The zero-order chi connectivity index (χ0) is 42.4. The monoisotopic (exact) mass is 833 g/mol. The quantitative estimate of drug-likeness (QED) is 0.206. The summed E-state index contributed by atoms with van der Waals surface area (Å²) in [6.45, 7) is 9.26. The molecule has 3 heterocycles. The van der Waals surface area contributed by atoms with Crippen LogP contribution in [0.15, 0.2) is 36.6 Å². The molecule has 3 aliphatic carbocycles. The number of Topliss-reactive ketones (excluding diaryl/α,β-unsaturated/α-hetero) is 1. The molecule has 6 rings (SSSR count). The SMILES string of the molecule is C=C1C=Cc2c(O[C@@H]3C[C@H]4C(=O)C[C@]5(C(=O)NS(=O)(=O)C6CC6)C[C@H]5/C=C\CC[C@@H](C)C[C@@H](CC)[C@H](CC(=O)OC(C)(C)C(F)(F)F)C(=O)N4C3)ncc(OC)c2C1. The number of hydrogen-bond donors (Lipinski definition) is 1. The number of aromatic nitrogens is 1. The third-order valence-corrected chi connectivity index (χ3v) is 14.3. The van der Waals surface area contributed by atoms with Crippen molar-refractivity contribution in [3.63, 3.8) is 0 Å². The fourth-order valence-electron chi connectivity index (χ4n) is 8.60. The minimum atomic E-state index is -4.87. The van der Waals surface area contributed by atoms with Crippen LogP contribution in [0.5, 0.6) is 11.6 Å². The van der Waals surface area contributed by atoms with Crippen LogP contribution in [-0.2, 0) is 40.4 Å². The smallest absolute Gasteiger partial charge is 0.427 e. The first-order chi connectivity index (χ1) is 27.2. The zero-order valence-electron chi connectivity index (χ0n) is 33.7. The van der Waals surface area contributed by atoms with Crippen LogP contribution in [0, 0.1) is 29.1 Å². The molecule has 16 heteroatoms. The predicted molar refractivity (Wildman–Crippen MR) is 208 cm³/mol. The molecular formula is C42H54F3N3O9S. The van der Waals surface area contributed by atoms with Crippen LogP contribution >= 0.6 is 0 Å². The molecule has 2 aliphatic heterocycles. The lowest BCUT2D eigenvalue weighted by Crippen LogP contribution is -2.48. The van der Waals surface area contributed by atoms with E-state index in [9.17, 15) is 40.8 Å². The summed E-state index contributed by atoms with van der Waals surface area (Å²) < 4.78 is 86.5. The number of carbonyl (C=O) groups excluding carboxylic acids is 4. The largest absolute Gasteiger partial charge is 0.495 e. The summed E-state index contributed by atoms with van der Waals surface area (Å²) in [6, 6.07) is -1.16. The fourth-order valence-corrected chi connectivity index (χ4v) is 9.99. The number of sulfonamides is 1. The van der Waals surface area contributed by atoms with Gasteiger partial charge in [0.1, 0.15) is 11.9 Å². The highest BCUT2D eigenvalue weighted by atomic mass is 32.2. The van der Waals surface area contributed by atoms with Crippen molar-refractivity contribution in [3.05, 3.63) is 47.7 Å². The molecule has 1 N–H and O–H groups in total. The number of esters is 1. The number of ether oxygens (including phenoxy) is 3. The fraction of sp³-hybridized carbons (Fsp3) is 0.643. The van der Waals surface area contributed by atoms with E-state index in [1.807, 2.05) is 32.1 Å². The van der Waals surface area contributed by atoms with Crippen molar-refractivity contribution >= 4 is 39.7 Å². The van der Waals surface area contributed by atoms with Gasteiger partial charge in [0.05, 0.1) is 48.9 Å². The predicted octanol–water partition coefficient (Wildman–Crippen LogP) is 6.43. The van der Waals surface area contributed by atoms with Gasteiger partial charge in [-0.3, -0.25) is 23.9 Å². The van der Waals surface area contributed by atoms with Crippen molar-refractivity contribution in [2.75, 3.05) is 13.7 Å². The maximum atomic E-state index is 15.0. The van der Waals surface area contributed by atoms with Crippen LogP contribution in [0.3, 0.4) is 0 Å². The van der Waals surface area contributed by atoms with E-state index in [1.165, 1.54) is 18.2 Å². The highest BCUT2D eigenvalue weighted by Gasteiger charge is 2.62. The number of rotatable bonds is 10. The van der Waals surface area contributed by atoms with Crippen LogP contribution in [0.2, 0.25) is 0 Å². The molecule has 1 saturated heterocycles. The summed E-state index contributed by atoms with van der Waals surface area (Å²) in [5.41, 5.74) is -1.90. The maximum absolute atomic E-state index is 15.0. The summed E-state index contributed by atoms with van der Waals surface area (Å²) in [5.74, 6) is -4.29. The molecule has 5 aliphatic rings. The van der Waals surface area contributed by atoms with Gasteiger partial charge >= 0.3 is 12.1 Å². The Labute approximate surface area is 338 Å². The Morgan fingerprint density at radius 1 is 1.12 bits per heavy atom. The van der Waals surface area contributed by atoms with Gasteiger partial charge in [-0.2, -0.15) is 13.2 Å². The van der Waals surface area contributed by atoms with Gasteiger partial charge in [-0.05, 0) is 76.2 Å². The topological polar surface area (TPSA) is 158 Å². The molecule has 7 atom stereocenters. The number of carbonyl (C=O) groups is 4. The van der Waals surface area contributed by atoms with E-state index in [0.29, 0.717) is 56.3 Å². The Balaban J connectivity index is 1.37. The van der Waals surface area contributed by atoms with Crippen molar-refractivity contribution in [1.82, 2.24) is 14.6 Å². The number of methoxy groups -OCH3 is 1. The number of nitrogens with one attached hydrogen (secondary N) is 1. The average molecular weight is 834 g/mol. The number of ketones is 1. The minimum absolute atomic E-state index is 0.0203. The van der Waals surface area contributed by atoms with Gasteiger partial charge in [0, 0.05) is 30.4 Å². The van der Waals surface area contributed by atoms with Crippen molar-refractivity contribution in [2.45, 2.75) is 127 Å². The van der Waals surface area contributed by atoms with Gasteiger partial charge in [0.2, 0.25) is 33.3 Å². The molecule has 0 aromatic carbocycles. The van der Waals surface area contributed by atoms with Crippen LogP contribution in [0.25, 0.3) is 6.08 Å². The van der Waals surface area contributed by atoms with Crippen molar-refractivity contribution in [1.29, 1.82) is 0 Å². The van der Waals surface area contributed by atoms with Crippen molar-refractivity contribution in [3.8, 4) is 11.6 Å². The number of nitrogens with zero attached hydrogens (tertiary/aromatic N) is 2. The van der Waals surface area contributed by atoms with Crippen LogP contribution < -0.4 is 14.2 Å². The number of hydrogen-bond acceptors (Lipinski definition) is 10. The number of halogens is 3. The van der Waals surface area contributed by atoms with Gasteiger partial charge in [-0.1, -0.05) is 50.6 Å². The first-order valence-electron chi connectivity index (χ1n) is 20.1. The lowest BCUT2D eigenvalue weighted by molar-refractivity contribution is -0.257. The van der Waals surface area contributed by atoms with E-state index in [4.69, 9.17) is 14.2 Å². The normalized spacial score (nSPS) is 29.9. The summed E-state index contributed by atoms with van der Waals surface area (Å²) in [7, 11) is -2.41. The molecular weight excluding hydrogens is 780 g/mol. The average Bonchev–Trinajstić information content (AvgIpc) is 4.07. The molecule has 1 aromatic heterocycles. The van der Waals surface area contributed by atoms with Crippen molar-refractivity contribution < 1.29 is 55.0 Å². The van der Waals surface area contributed by atoms with E-state index in [1.54, 1.807) is 6.08 Å². The second-order valence-corrected chi connectivity index (χ2v) is 19.2. The second kappa shape index (κ2) is 16.4.